The molecule has 0 aliphatic rings. The van der Waals surface area contributed by atoms with E-state index in [1.54, 1.807) is 6.20 Å². The summed E-state index contributed by atoms with van der Waals surface area (Å²) in [6.07, 6.45) is 4.43. The van der Waals surface area contributed by atoms with Gasteiger partial charge in [0, 0.05) is 23.3 Å². The average Bonchev–Trinajstić information content (AvgIpc) is 2.73. The molecule has 3 nitrogen and oxygen atoms in total. The molecule has 0 saturated carbocycles. The summed E-state index contributed by atoms with van der Waals surface area (Å²) in [5, 5.41) is 0. The summed E-state index contributed by atoms with van der Waals surface area (Å²) in [5.74, 6) is 0.971. The maximum absolute atomic E-state index is 4.64. The molecule has 2 aromatic heterocycles. The summed E-state index contributed by atoms with van der Waals surface area (Å²) < 4.78 is 1.07. The number of H-pyrrole nitrogens is 1. The van der Waals surface area contributed by atoms with Crippen molar-refractivity contribution >= 4 is 27.0 Å². The smallest absolute Gasteiger partial charge is 0.111 e. The molecule has 1 N–H and O–H groups in total. The summed E-state index contributed by atoms with van der Waals surface area (Å²) in [5.41, 5.74) is 4.44. The lowest BCUT2D eigenvalue weighted by Gasteiger charge is -1.95. The number of nitrogens with one attached hydrogen (secondary N) is 1. The van der Waals surface area contributed by atoms with Gasteiger partial charge in [0.25, 0.3) is 0 Å². The van der Waals surface area contributed by atoms with Crippen LogP contribution in [0, 0.1) is 6.92 Å². The topological polar surface area (TPSA) is 41.6 Å². The number of aromatic amines is 1. The van der Waals surface area contributed by atoms with Gasteiger partial charge in [-0.25, -0.2) is 4.98 Å². The summed E-state index contributed by atoms with van der Waals surface area (Å²) >= 11 is 3.50. The molecule has 0 bridgehead atoms. The minimum atomic E-state index is 0.777. The summed E-state index contributed by atoms with van der Waals surface area (Å²) in [7, 11) is 0. The van der Waals surface area contributed by atoms with Gasteiger partial charge in [-0.2, -0.15) is 0 Å². The van der Waals surface area contributed by atoms with E-state index in [1.165, 1.54) is 5.56 Å². The Morgan fingerprint density at radius 3 is 3.00 bits per heavy atom. The highest BCUT2D eigenvalue weighted by atomic mass is 79.9. The second-order valence-electron chi connectivity index (χ2n) is 4.34. The van der Waals surface area contributed by atoms with Crippen LogP contribution in [-0.4, -0.2) is 15.0 Å². The van der Waals surface area contributed by atoms with Crippen molar-refractivity contribution in [1.29, 1.82) is 0 Å². The number of imidazole rings is 1. The second kappa shape index (κ2) is 4.53. The maximum Gasteiger partial charge on any atom is 0.111 e. The van der Waals surface area contributed by atoms with Crippen molar-refractivity contribution in [3.63, 3.8) is 0 Å². The standard InChI is InChI=1S/C14H12BrN3/c1-9-5-11(15)7-12-14(9)18-13(17-12)6-10-3-2-4-16-8-10/h2-5,7-8H,6H2,1H3,(H,17,18). The molecule has 1 aromatic carbocycles. The first-order chi connectivity index (χ1) is 8.72. The molecule has 0 aliphatic carbocycles. The van der Waals surface area contributed by atoms with Crippen LogP contribution < -0.4 is 0 Å². The van der Waals surface area contributed by atoms with Crippen molar-refractivity contribution in [3.8, 4) is 0 Å². The van der Waals surface area contributed by atoms with E-state index in [9.17, 15) is 0 Å². The number of rotatable bonds is 2. The van der Waals surface area contributed by atoms with Gasteiger partial charge in [0.2, 0.25) is 0 Å². The number of nitrogens with zero attached hydrogens (tertiary/aromatic N) is 2. The van der Waals surface area contributed by atoms with Gasteiger partial charge in [0.15, 0.2) is 0 Å². The zero-order valence-corrected chi connectivity index (χ0v) is 11.5. The monoisotopic (exact) mass is 301 g/mol. The van der Waals surface area contributed by atoms with E-state index in [2.05, 4.69) is 56.0 Å². The molecular formula is C14H12BrN3. The van der Waals surface area contributed by atoms with Gasteiger partial charge in [-0.3, -0.25) is 4.98 Å². The average molecular weight is 302 g/mol. The molecule has 0 spiro atoms. The normalized spacial score (nSPS) is 11.0. The third-order valence-corrected chi connectivity index (χ3v) is 3.34. The SMILES string of the molecule is Cc1cc(Br)cc2[nH]c(Cc3cccnc3)nc12. The number of fused-ring (bicyclic) bond motifs is 1. The number of aryl methyl sites for hydroxylation is 1. The lowest BCUT2D eigenvalue weighted by Crippen LogP contribution is -1.90. The number of hydrogen-bond donors (Lipinski definition) is 1. The van der Waals surface area contributed by atoms with Crippen molar-refractivity contribution in [1.82, 2.24) is 15.0 Å². The Labute approximate surface area is 113 Å². The highest BCUT2D eigenvalue weighted by Gasteiger charge is 2.07. The summed E-state index contributed by atoms with van der Waals surface area (Å²) in [6.45, 7) is 2.07. The predicted octanol–water partition coefficient (Wildman–Crippen LogP) is 3.62. The highest BCUT2D eigenvalue weighted by Crippen LogP contribution is 2.22. The van der Waals surface area contributed by atoms with Crippen LogP contribution in [0.4, 0.5) is 0 Å². The third-order valence-electron chi connectivity index (χ3n) is 2.89. The van der Waals surface area contributed by atoms with Crippen LogP contribution in [0.1, 0.15) is 17.0 Å². The van der Waals surface area contributed by atoms with Crippen LogP contribution in [-0.2, 0) is 6.42 Å². The lowest BCUT2D eigenvalue weighted by molar-refractivity contribution is 1.02. The van der Waals surface area contributed by atoms with E-state index in [0.717, 1.165) is 33.3 Å². The number of benzene rings is 1. The van der Waals surface area contributed by atoms with Crippen LogP contribution in [0.25, 0.3) is 11.0 Å². The van der Waals surface area contributed by atoms with E-state index in [4.69, 9.17) is 0 Å². The lowest BCUT2D eigenvalue weighted by atomic mass is 10.2. The Kier molecular flexibility index (Phi) is 2.88. The Morgan fingerprint density at radius 2 is 2.22 bits per heavy atom. The Bertz CT molecular complexity index is 689. The van der Waals surface area contributed by atoms with E-state index >= 15 is 0 Å². The Hall–Kier alpha value is -1.68. The molecule has 0 fully saturated rings. The Balaban J connectivity index is 2.01. The molecule has 0 amide bonds. The zero-order valence-electron chi connectivity index (χ0n) is 9.94. The van der Waals surface area contributed by atoms with Gasteiger partial charge in [-0.05, 0) is 36.2 Å². The zero-order chi connectivity index (χ0) is 12.5. The second-order valence-corrected chi connectivity index (χ2v) is 5.26. The van der Waals surface area contributed by atoms with Gasteiger partial charge in [-0.15, -0.1) is 0 Å². The van der Waals surface area contributed by atoms with Crippen molar-refractivity contribution < 1.29 is 0 Å². The molecule has 0 saturated heterocycles. The van der Waals surface area contributed by atoms with Gasteiger partial charge >= 0.3 is 0 Å². The Morgan fingerprint density at radius 1 is 1.33 bits per heavy atom. The molecule has 4 heteroatoms. The molecule has 0 aliphatic heterocycles. The van der Waals surface area contributed by atoms with Crippen molar-refractivity contribution in [2.45, 2.75) is 13.3 Å². The molecule has 3 rings (SSSR count). The number of aromatic nitrogens is 3. The van der Waals surface area contributed by atoms with Crippen molar-refractivity contribution in [2.75, 3.05) is 0 Å². The van der Waals surface area contributed by atoms with E-state index in [1.807, 2.05) is 12.3 Å². The summed E-state index contributed by atoms with van der Waals surface area (Å²) in [4.78, 5) is 12.1. The molecule has 90 valence electrons. The minimum Gasteiger partial charge on any atom is -0.342 e. The van der Waals surface area contributed by atoms with Gasteiger partial charge < -0.3 is 4.98 Å². The molecule has 3 aromatic rings. The highest BCUT2D eigenvalue weighted by molar-refractivity contribution is 9.10. The maximum atomic E-state index is 4.64. The molecule has 18 heavy (non-hydrogen) atoms. The van der Waals surface area contributed by atoms with Crippen LogP contribution >= 0.6 is 15.9 Å². The third kappa shape index (κ3) is 2.16. The summed E-state index contributed by atoms with van der Waals surface area (Å²) in [6, 6.07) is 8.14. The van der Waals surface area contributed by atoms with Crippen LogP contribution in [0.15, 0.2) is 41.1 Å². The fourth-order valence-corrected chi connectivity index (χ4v) is 2.65. The van der Waals surface area contributed by atoms with Crippen LogP contribution in [0.5, 0.6) is 0 Å². The molecule has 0 radical (unpaired) electrons. The van der Waals surface area contributed by atoms with E-state index < -0.39 is 0 Å². The van der Waals surface area contributed by atoms with Gasteiger partial charge in [-0.1, -0.05) is 22.0 Å². The van der Waals surface area contributed by atoms with Crippen molar-refractivity contribution in [2.24, 2.45) is 0 Å². The van der Waals surface area contributed by atoms with Gasteiger partial charge in [0.05, 0.1) is 11.0 Å². The minimum absolute atomic E-state index is 0.777. The number of halogens is 1. The van der Waals surface area contributed by atoms with Crippen LogP contribution in [0.2, 0.25) is 0 Å². The fraction of sp³-hybridized carbons (Fsp3) is 0.143. The first kappa shape index (κ1) is 11.4. The fourth-order valence-electron chi connectivity index (χ4n) is 2.08. The number of pyridine rings is 1. The van der Waals surface area contributed by atoms with Gasteiger partial charge in [0.1, 0.15) is 5.82 Å². The largest absolute Gasteiger partial charge is 0.342 e. The molecule has 0 atom stereocenters. The molecule has 2 heterocycles. The number of hydrogen-bond acceptors (Lipinski definition) is 2. The quantitative estimate of drug-likeness (QED) is 0.785. The van der Waals surface area contributed by atoms with Crippen LogP contribution in [0.3, 0.4) is 0 Å². The van der Waals surface area contributed by atoms with Crippen molar-refractivity contribution in [3.05, 3.63) is 58.1 Å². The molecule has 0 unspecified atom stereocenters. The van der Waals surface area contributed by atoms with E-state index in [-0.39, 0.29) is 0 Å². The predicted molar refractivity (Wildman–Crippen MR) is 75.6 cm³/mol. The first-order valence-corrected chi connectivity index (χ1v) is 6.55. The van der Waals surface area contributed by atoms with E-state index in [0.29, 0.717) is 0 Å². The molecular weight excluding hydrogens is 290 g/mol. The first-order valence-electron chi connectivity index (χ1n) is 5.76.